The summed E-state index contributed by atoms with van der Waals surface area (Å²) >= 11 is 5.69. The zero-order valence-corrected chi connectivity index (χ0v) is 18.9. The molecule has 4 nitrogen and oxygen atoms in total. The van der Waals surface area contributed by atoms with Crippen molar-refractivity contribution in [2.45, 2.75) is 18.5 Å². The third kappa shape index (κ3) is 5.24. The molecule has 0 spiro atoms. The van der Waals surface area contributed by atoms with Gasteiger partial charge in [-0.05, 0) is 12.1 Å². The summed E-state index contributed by atoms with van der Waals surface area (Å²) in [6, 6.07) is 6.49. The number of halogens is 9. The molecule has 0 saturated carbocycles. The molecule has 0 bridgehead atoms. The number of aromatic nitrogens is 2. The van der Waals surface area contributed by atoms with E-state index < -0.39 is 77.0 Å². The Labute approximate surface area is 208 Å². The molecule has 2 aromatic heterocycles. The van der Waals surface area contributed by atoms with Gasteiger partial charge in [0.1, 0.15) is 17.1 Å². The molecule has 2 aromatic carbocycles. The van der Waals surface area contributed by atoms with Crippen LogP contribution in [0.2, 0.25) is 5.02 Å². The van der Waals surface area contributed by atoms with E-state index in [1.165, 1.54) is 24.4 Å². The second-order valence-corrected chi connectivity index (χ2v) is 8.26. The van der Waals surface area contributed by atoms with E-state index in [2.05, 4.69) is 14.7 Å². The highest BCUT2D eigenvalue weighted by molar-refractivity contribution is 6.30. The Kier molecular flexibility index (Phi) is 7.13. The Bertz CT molecular complexity index is 1470. The minimum Gasteiger partial charge on any atom is -0.505 e. The van der Waals surface area contributed by atoms with Crippen LogP contribution >= 0.6 is 11.6 Å². The molecule has 0 aliphatic heterocycles. The summed E-state index contributed by atoms with van der Waals surface area (Å²) in [5.74, 6) is -14.1. The highest BCUT2D eigenvalue weighted by atomic mass is 35.5. The lowest BCUT2D eigenvalue weighted by Crippen LogP contribution is -2.22. The number of phenols is 1. The first kappa shape index (κ1) is 26.4. The van der Waals surface area contributed by atoms with E-state index in [4.69, 9.17) is 11.6 Å². The van der Waals surface area contributed by atoms with Gasteiger partial charge in [-0.25, -0.2) is 13.2 Å². The van der Waals surface area contributed by atoms with Gasteiger partial charge >= 0.3 is 6.18 Å². The van der Waals surface area contributed by atoms with Gasteiger partial charge in [0.05, 0.1) is 10.7 Å². The van der Waals surface area contributed by atoms with Crippen molar-refractivity contribution in [1.82, 2.24) is 9.97 Å². The summed E-state index contributed by atoms with van der Waals surface area (Å²) in [6.45, 7) is -2.22. The third-order valence-electron chi connectivity index (χ3n) is 5.42. The van der Waals surface area contributed by atoms with Crippen LogP contribution in [-0.2, 0) is 6.42 Å². The van der Waals surface area contributed by atoms with E-state index in [0.717, 1.165) is 12.3 Å². The standard InChI is InChI=1S/C24H13ClF8N2O2/c25-11-6-14(26)15(35-8-11)7-13(12-4-3-10-2-1-5-34-21(10)22(12)36)16-17(27)19(29)23(20(30)18(16)28)37-9-24(31,32)33/h1-6,8,13,36H,7,9H2. The van der Waals surface area contributed by atoms with Gasteiger partial charge < -0.3 is 9.84 Å². The number of hydrogen-bond donors (Lipinski definition) is 1. The van der Waals surface area contributed by atoms with E-state index in [1.54, 1.807) is 6.07 Å². The van der Waals surface area contributed by atoms with Crippen LogP contribution in [0, 0.1) is 29.1 Å². The largest absolute Gasteiger partial charge is 0.505 e. The molecular weight excluding hydrogens is 536 g/mol. The Morgan fingerprint density at radius 3 is 2.24 bits per heavy atom. The maximum absolute atomic E-state index is 15.2. The molecule has 2 heterocycles. The van der Waals surface area contributed by atoms with Crippen LogP contribution in [0.15, 0.2) is 42.7 Å². The highest BCUT2D eigenvalue weighted by Crippen LogP contribution is 2.42. The van der Waals surface area contributed by atoms with E-state index in [9.17, 15) is 31.4 Å². The first-order valence-electron chi connectivity index (χ1n) is 10.3. The number of aromatic hydroxyl groups is 1. The van der Waals surface area contributed by atoms with Gasteiger partial charge in [-0.2, -0.15) is 22.0 Å². The smallest absolute Gasteiger partial charge is 0.422 e. The summed E-state index contributed by atoms with van der Waals surface area (Å²) < 4.78 is 116. The zero-order valence-electron chi connectivity index (χ0n) is 18.2. The molecule has 1 N–H and O–H groups in total. The summed E-state index contributed by atoms with van der Waals surface area (Å²) in [5.41, 5.74) is -2.13. The van der Waals surface area contributed by atoms with Crippen molar-refractivity contribution in [2.24, 2.45) is 0 Å². The molecule has 0 saturated heterocycles. The van der Waals surface area contributed by atoms with Crippen LogP contribution in [0.5, 0.6) is 11.5 Å². The molecule has 37 heavy (non-hydrogen) atoms. The average molecular weight is 549 g/mol. The van der Waals surface area contributed by atoms with Gasteiger partial charge in [-0.3, -0.25) is 9.97 Å². The van der Waals surface area contributed by atoms with Crippen molar-refractivity contribution in [3.8, 4) is 11.5 Å². The number of benzene rings is 2. The van der Waals surface area contributed by atoms with Crippen molar-refractivity contribution in [3.05, 3.63) is 93.7 Å². The number of nitrogens with zero attached hydrogens (tertiary/aromatic N) is 2. The predicted octanol–water partition coefficient (Wildman–Crippen LogP) is 7.00. The number of rotatable bonds is 6. The van der Waals surface area contributed by atoms with Gasteiger partial charge in [-0.1, -0.05) is 29.8 Å². The first-order valence-corrected chi connectivity index (χ1v) is 10.7. The molecule has 1 atom stereocenters. The van der Waals surface area contributed by atoms with E-state index in [1.807, 2.05) is 0 Å². The molecule has 13 heteroatoms. The maximum Gasteiger partial charge on any atom is 0.422 e. The number of hydrogen-bond acceptors (Lipinski definition) is 4. The Hall–Kier alpha value is -3.67. The summed E-state index contributed by atoms with van der Waals surface area (Å²) in [6.07, 6.45) is -3.49. The Morgan fingerprint density at radius 1 is 0.946 bits per heavy atom. The van der Waals surface area contributed by atoms with Crippen LogP contribution in [-0.4, -0.2) is 27.9 Å². The molecule has 0 aliphatic carbocycles. The normalized spacial score (nSPS) is 12.7. The zero-order chi connectivity index (χ0) is 27.1. The lowest BCUT2D eigenvalue weighted by molar-refractivity contribution is -0.154. The predicted molar refractivity (Wildman–Crippen MR) is 116 cm³/mol. The molecule has 0 amide bonds. The monoisotopic (exact) mass is 548 g/mol. The molecule has 0 fully saturated rings. The summed E-state index contributed by atoms with van der Waals surface area (Å²) in [7, 11) is 0. The van der Waals surface area contributed by atoms with Crippen molar-refractivity contribution in [2.75, 3.05) is 6.61 Å². The lowest BCUT2D eigenvalue weighted by Gasteiger charge is -2.22. The second-order valence-electron chi connectivity index (χ2n) is 7.82. The summed E-state index contributed by atoms with van der Waals surface area (Å²) in [5, 5.41) is 11.1. The molecule has 0 radical (unpaired) electrons. The van der Waals surface area contributed by atoms with Gasteiger partial charge in [0, 0.05) is 41.2 Å². The Balaban J connectivity index is 1.94. The number of pyridine rings is 2. The van der Waals surface area contributed by atoms with Crippen molar-refractivity contribution in [1.29, 1.82) is 0 Å². The quantitative estimate of drug-likeness (QED) is 0.208. The SMILES string of the molecule is Oc1c(C(Cc2ncc(Cl)cc2F)c2c(F)c(F)c(OCC(F)(F)F)c(F)c2F)ccc2cccnc12. The van der Waals surface area contributed by atoms with Gasteiger partial charge in [-0.15, -0.1) is 0 Å². The van der Waals surface area contributed by atoms with Crippen LogP contribution in [0.4, 0.5) is 35.1 Å². The van der Waals surface area contributed by atoms with Crippen LogP contribution in [0.3, 0.4) is 0 Å². The number of ether oxygens (including phenoxy) is 1. The fourth-order valence-corrected chi connectivity index (χ4v) is 3.94. The fraction of sp³-hybridized carbons (Fsp3) is 0.167. The van der Waals surface area contributed by atoms with E-state index >= 15 is 8.78 Å². The van der Waals surface area contributed by atoms with Crippen molar-refractivity contribution < 1.29 is 45.0 Å². The molecule has 0 aliphatic rings. The Morgan fingerprint density at radius 2 is 1.62 bits per heavy atom. The van der Waals surface area contributed by atoms with Crippen LogP contribution < -0.4 is 4.74 Å². The topological polar surface area (TPSA) is 55.2 Å². The van der Waals surface area contributed by atoms with Gasteiger partial charge in [0.2, 0.25) is 11.6 Å². The first-order chi connectivity index (χ1) is 17.4. The highest BCUT2D eigenvalue weighted by Gasteiger charge is 2.36. The van der Waals surface area contributed by atoms with Crippen molar-refractivity contribution >= 4 is 22.5 Å². The molecular formula is C24H13ClF8N2O2. The van der Waals surface area contributed by atoms with E-state index in [0.29, 0.717) is 5.39 Å². The second kappa shape index (κ2) is 10.0. The number of fused-ring (bicyclic) bond motifs is 1. The fourth-order valence-electron chi connectivity index (χ4n) is 3.80. The van der Waals surface area contributed by atoms with Gasteiger partial charge in [0.15, 0.2) is 24.0 Å². The average Bonchev–Trinajstić information content (AvgIpc) is 2.83. The van der Waals surface area contributed by atoms with Crippen LogP contribution in [0.1, 0.15) is 22.7 Å². The molecule has 194 valence electrons. The number of alkyl halides is 3. The summed E-state index contributed by atoms with van der Waals surface area (Å²) in [4.78, 5) is 7.73. The maximum atomic E-state index is 15.2. The molecule has 4 aromatic rings. The molecule has 4 rings (SSSR count). The third-order valence-corrected chi connectivity index (χ3v) is 5.63. The minimum absolute atomic E-state index is 0.0403. The minimum atomic E-state index is -5.06. The van der Waals surface area contributed by atoms with Gasteiger partial charge in [0.25, 0.3) is 0 Å². The molecule has 1 unspecified atom stereocenters. The van der Waals surface area contributed by atoms with Crippen LogP contribution in [0.25, 0.3) is 10.9 Å². The lowest BCUT2D eigenvalue weighted by atomic mass is 9.85. The van der Waals surface area contributed by atoms with Crippen molar-refractivity contribution in [3.63, 3.8) is 0 Å². The van der Waals surface area contributed by atoms with E-state index in [-0.39, 0.29) is 16.1 Å². The number of phenolic OH excluding ortho intramolecular Hbond substituents is 1.